The second-order valence-electron chi connectivity index (χ2n) is 8.43. The highest BCUT2D eigenvalue weighted by atomic mass is 16.5. The summed E-state index contributed by atoms with van der Waals surface area (Å²) in [6.45, 7) is 3.59. The second-order valence-corrected chi connectivity index (χ2v) is 8.43. The standard InChI is InChI=1S/C25H30N2O6/c1-3-13-25(2,23(31)26-14-12-21(28)22(29)30)27-24(32)33-15-20-18-10-6-4-8-16(18)17-9-5-7-11-19(17)20/h4-11,20-21,28H,3,12-15H2,1-2H3,(H,26,31)(H,27,32)(H,29,30)/t21-,25?/m0/s1. The number of carboxylic acid groups (broad SMARTS) is 1. The predicted octanol–water partition coefficient (Wildman–Crippen LogP) is 3.04. The minimum Gasteiger partial charge on any atom is -0.479 e. The van der Waals surface area contributed by atoms with Gasteiger partial charge in [-0.25, -0.2) is 9.59 Å². The molecule has 0 fully saturated rings. The molecule has 2 aromatic rings. The number of ether oxygens (including phenoxy) is 1. The highest BCUT2D eigenvalue weighted by Crippen LogP contribution is 2.44. The molecule has 3 rings (SSSR count). The summed E-state index contributed by atoms with van der Waals surface area (Å²) in [6, 6.07) is 16.0. The molecule has 33 heavy (non-hydrogen) atoms. The number of hydrogen-bond donors (Lipinski definition) is 4. The van der Waals surface area contributed by atoms with E-state index in [9.17, 15) is 19.5 Å². The molecule has 2 aromatic carbocycles. The van der Waals surface area contributed by atoms with Crippen LogP contribution in [0.1, 0.15) is 50.2 Å². The van der Waals surface area contributed by atoms with E-state index < -0.39 is 29.6 Å². The normalized spacial score (nSPS) is 15.0. The maximum atomic E-state index is 12.7. The minimum atomic E-state index is -1.56. The molecule has 176 valence electrons. The summed E-state index contributed by atoms with van der Waals surface area (Å²) in [5, 5.41) is 23.4. The lowest BCUT2D eigenvalue weighted by molar-refractivity contribution is -0.147. The monoisotopic (exact) mass is 454 g/mol. The van der Waals surface area contributed by atoms with E-state index in [-0.39, 0.29) is 25.5 Å². The number of carbonyl (C=O) groups is 3. The van der Waals surface area contributed by atoms with Gasteiger partial charge in [0.05, 0.1) is 0 Å². The van der Waals surface area contributed by atoms with Gasteiger partial charge in [0.15, 0.2) is 6.10 Å². The van der Waals surface area contributed by atoms with Crippen LogP contribution >= 0.6 is 0 Å². The van der Waals surface area contributed by atoms with E-state index >= 15 is 0 Å². The maximum absolute atomic E-state index is 12.7. The molecular weight excluding hydrogens is 424 g/mol. The summed E-state index contributed by atoms with van der Waals surface area (Å²) in [4.78, 5) is 36.1. The van der Waals surface area contributed by atoms with Crippen LogP contribution in [0.4, 0.5) is 4.79 Å². The molecule has 1 unspecified atom stereocenters. The van der Waals surface area contributed by atoms with E-state index in [1.54, 1.807) is 6.92 Å². The van der Waals surface area contributed by atoms with Gasteiger partial charge in [-0.2, -0.15) is 0 Å². The zero-order valence-electron chi connectivity index (χ0n) is 18.8. The highest BCUT2D eigenvalue weighted by Gasteiger charge is 2.35. The molecule has 8 heteroatoms. The van der Waals surface area contributed by atoms with Crippen LogP contribution in [0.2, 0.25) is 0 Å². The topological polar surface area (TPSA) is 125 Å². The fraction of sp³-hybridized carbons (Fsp3) is 0.400. The molecule has 0 saturated heterocycles. The molecule has 2 atom stereocenters. The van der Waals surface area contributed by atoms with E-state index in [0.29, 0.717) is 12.8 Å². The van der Waals surface area contributed by atoms with Crippen LogP contribution < -0.4 is 10.6 Å². The van der Waals surface area contributed by atoms with Crippen molar-refractivity contribution in [1.29, 1.82) is 0 Å². The number of hydrogen-bond acceptors (Lipinski definition) is 5. The van der Waals surface area contributed by atoms with Crippen molar-refractivity contribution >= 4 is 18.0 Å². The number of fused-ring (bicyclic) bond motifs is 3. The van der Waals surface area contributed by atoms with Crippen LogP contribution in [0.3, 0.4) is 0 Å². The summed E-state index contributed by atoms with van der Waals surface area (Å²) in [5.41, 5.74) is 3.21. The van der Waals surface area contributed by atoms with Crippen LogP contribution in [0.5, 0.6) is 0 Å². The van der Waals surface area contributed by atoms with Crippen molar-refractivity contribution in [1.82, 2.24) is 10.6 Å². The van der Waals surface area contributed by atoms with Gasteiger partial charge in [-0.1, -0.05) is 61.9 Å². The largest absolute Gasteiger partial charge is 0.479 e. The molecule has 0 aliphatic heterocycles. The number of aliphatic hydroxyl groups excluding tert-OH is 1. The Morgan fingerprint density at radius 2 is 1.64 bits per heavy atom. The fourth-order valence-corrected chi connectivity index (χ4v) is 4.23. The SMILES string of the molecule is CCCC(C)(NC(=O)OCC1c2ccccc2-c2ccccc21)C(=O)NCC[C@H](O)C(=O)O. The van der Waals surface area contributed by atoms with Crippen molar-refractivity contribution in [2.45, 2.75) is 50.7 Å². The van der Waals surface area contributed by atoms with Crippen molar-refractivity contribution in [3.63, 3.8) is 0 Å². The number of rotatable bonds is 10. The number of aliphatic hydroxyl groups is 1. The van der Waals surface area contributed by atoms with E-state index in [0.717, 1.165) is 22.3 Å². The third-order valence-electron chi connectivity index (χ3n) is 5.96. The Kier molecular flexibility index (Phi) is 7.71. The number of alkyl carbamates (subject to hydrolysis) is 1. The molecule has 0 radical (unpaired) electrons. The molecule has 0 aromatic heterocycles. The fourth-order valence-electron chi connectivity index (χ4n) is 4.23. The molecule has 0 heterocycles. The lowest BCUT2D eigenvalue weighted by Crippen LogP contribution is -2.57. The predicted molar refractivity (Wildman–Crippen MR) is 123 cm³/mol. The Bertz CT molecular complexity index is 978. The minimum absolute atomic E-state index is 0.0298. The molecule has 1 aliphatic rings. The number of amides is 2. The number of carbonyl (C=O) groups excluding carboxylic acids is 2. The Hall–Kier alpha value is -3.39. The Balaban J connectivity index is 1.62. The summed E-state index contributed by atoms with van der Waals surface area (Å²) in [7, 11) is 0. The summed E-state index contributed by atoms with van der Waals surface area (Å²) in [5.74, 6) is -1.90. The van der Waals surface area contributed by atoms with E-state index in [1.807, 2.05) is 43.3 Å². The van der Waals surface area contributed by atoms with Gasteiger partial charge in [-0.3, -0.25) is 4.79 Å². The summed E-state index contributed by atoms with van der Waals surface area (Å²) >= 11 is 0. The summed E-state index contributed by atoms with van der Waals surface area (Å²) in [6.07, 6.45) is -1.39. The number of benzene rings is 2. The lowest BCUT2D eigenvalue weighted by atomic mass is 9.95. The van der Waals surface area contributed by atoms with Gasteiger partial charge in [0.2, 0.25) is 5.91 Å². The van der Waals surface area contributed by atoms with E-state index in [4.69, 9.17) is 9.84 Å². The molecule has 0 bridgehead atoms. The first-order chi connectivity index (χ1) is 15.8. The first kappa shape index (κ1) is 24.3. The van der Waals surface area contributed by atoms with Crippen molar-refractivity contribution < 1.29 is 29.3 Å². The average Bonchev–Trinajstić information content (AvgIpc) is 3.11. The Labute approximate surface area is 193 Å². The highest BCUT2D eigenvalue weighted by molar-refractivity contribution is 5.89. The van der Waals surface area contributed by atoms with Gasteiger partial charge >= 0.3 is 12.1 Å². The quantitative estimate of drug-likeness (QED) is 0.437. The molecule has 1 aliphatic carbocycles. The van der Waals surface area contributed by atoms with Crippen LogP contribution in [0.15, 0.2) is 48.5 Å². The first-order valence-electron chi connectivity index (χ1n) is 11.1. The van der Waals surface area contributed by atoms with Crippen molar-refractivity contribution in [2.75, 3.05) is 13.2 Å². The summed E-state index contributed by atoms with van der Waals surface area (Å²) < 4.78 is 5.56. The van der Waals surface area contributed by atoms with Crippen LogP contribution in [0.25, 0.3) is 11.1 Å². The molecule has 4 N–H and O–H groups in total. The van der Waals surface area contributed by atoms with Gasteiger partial charge in [-0.15, -0.1) is 0 Å². The third-order valence-corrected chi connectivity index (χ3v) is 5.96. The zero-order chi connectivity index (χ0) is 24.0. The first-order valence-corrected chi connectivity index (χ1v) is 11.1. The smallest absolute Gasteiger partial charge is 0.408 e. The number of nitrogens with one attached hydrogen (secondary N) is 2. The number of aliphatic carboxylic acids is 1. The van der Waals surface area contributed by atoms with Crippen molar-refractivity contribution in [3.05, 3.63) is 59.7 Å². The van der Waals surface area contributed by atoms with E-state index in [1.165, 1.54) is 0 Å². The van der Waals surface area contributed by atoms with E-state index in [2.05, 4.69) is 22.8 Å². The van der Waals surface area contributed by atoms with Crippen LogP contribution in [-0.2, 0) is 14.3 Å². The molecule has 0 saturated carbocycles. The number of carboxylic acids is 1. The molecule has 2 amide bonds. The molecular formula is C25H30N2O6. The van der Waals surface area contributed by atoms with Gasteiger partial charge < -0.3 is 25.6 Å². The van der Waals surface area contributed by atoms with Crippen molar-refractivity contribution in [3.8, 4) is 11.1 Å². The van der Waals surface area contributed by atoms with Gasteiger partial charge in [0.1, 0.15) is 12.1 Å². The lowest BCUT2D eigenvalue weighted by Gasteiger charge is -2.29. The van der Waals surface area contributed by atoms with Gasteiger partial charge in [0.25, 0.3) is 0 Å². The van der Waals surface area contributed by atoms with Gasteiger partial charge in [0, 0.05) is 18.9 Å². The maximum Gasteiger partial charge on any atom is 0.408 e. The Morgan fingerprint density at radius 3 is 2.18 bits per heavy atom. The average molecular weight is 455 g/mol. The zero-order valence-corrected chi connectivity index (χ0v) is 18.8. The van der Waals surface area contributed by atoms with Gasteiger partial charge in [-0.05, 0) is 35.6 Å². The third kappa shape index (κ3) is 5.51. The van der Waals surface area contributed by atoms with Crippen molar-refractivity contribution in [2.24, 2.45) is 0 Å². The molecule has 8 nitrogen and oxygen atoms in total. The van der Waals surface area contributed by atoms with Crippen LogP contribution in [0, 0.1) is 0 Å². The van der Waals surface area contributed by atoms with Crippen LogP contribution in [-0.4, -0.2) is 53.0 Å². The Morgan fingerprint density at radius 1 is 1.06 bits per heavy atom. The second kappa shape index (κ2) is 10.5. The molecule has 0 spiro atoms.